The molecule has 0 radical (unpaired) electrons. The van der Waals surface area contributed by atoms with Crippen LogP contribution in [0.15, 0.2) is 71.8 Å². The lowest BCUT2D eigenvalue weighted by atomic mass is 10.1. The Hall–Kier alpha value is -3.19. The molecule has 0 aliphatic rings. The van der Waals surface area contributed by atoms with Crippen molar-refractivity contribution in [2.75, 3.05) is 10.0 Å². The van der Waals surface area contributed by atoms with E-state index in [4.69, 9.17) is 0 Å². The number of rotatable bonds is 8. The van der Waals surface area contributed by atoms with Gasteiger partial charge in [-0.1, -0.05) is 24.3 Å². The second-order valence-corrected chi connectivity index (χ2v) is 8.83. The van der Waals surface area contributed by atoms with Gasteiger partial charge in [-0.15, -0.1) is 0 Å². The molecule has 30 heavy (non-hydrogen) atoms. The molecule has 2 N–H and O–H groups in total. The first kappa shape index (κ1) is 21.5. The third kappa shape index (κ3) is 5.90. The lowest BCUT2D eigenvalue weighted by Gasteiger charge is -2.13. The van der Waals surface area contributed by atoms with E-state index in [1.165, 1.54) is 6.07 Å². The minimum atomic E-state index is -3.78. The number of hydrogen-bond donors (Lipinski definition) is 2. The highest BCUT2D eigenvalue weighted by Gasteiger charge is 2.18. The molecule has 3 aromatic rings. The van der Waals surface area contributed by atoms with Gasteiger partial charge in [-0.05, 0) is 74.2 Å². The van der Waals surface area contributed by atoms with Crippen molar-refractivity contribution >= 4 is 27.3 Å². The van der Waals surface area contributed by atoms with E-state index in [-0.39, 0.29) is 10.8 Å². The van der Waals surface area contributed by atoms with Crippen molar-refractivity contribution in [1.82, 2.24) is 4.98 Å². The van der Waals surface area contributed by atoms with Crippen molar-refractivity contribution in [3.63, 3.8) is 0 Å². The number of hydrogen-bond acceptors (Lipinski definition) is 4. The Morgan fingerprint density at radius 1 is 0.967 bits per heavy atom. The number of aromatic nitrogens is 1. The first-order chi connectivity index (χ1) is 14.3. The number of nitrogens with one attached hydrogen (secondary N) is 2. The average molecular weight is 424 g/mol. The van der Waals surface area contributed by atoms with Crippen molar-refractivity contribution in [3.05, 3.63) is 83.7 Å². The molecule has 0 bridgehead atoms. The summed E-state index contributed by atoms with van der Waals surface area (Å²) >= 11 is 0. The Labute approximate surface area is 177 Å². The predicted octanol–water partition coefficient (Wildman–Crippen LogP) is 4.46. The molecule has 0 unspecified atom stereocenters. The Morgan fingerprint density at radius 2 is 1.80 bits per heavy atom. The number of nitrogens with zero attached hydrogens (tertiary/aromatic N) is 1. The summed E-state index contributed by atoms with van der Waals surface area (Å²) in [7, 11) is -3.78. The fraction of sp³-hybridized carbons (Fsp3) is 0.217. The fourth-order valence-corrected chi connectivity index (χ4v) is 4.41. The van der Waals surface area contributed by atoms with Crippen LogP contribution in [-0.4, -0.2) is 19.3 Å². The zero-order valence-electron chi connectivity index (χ0n) is 17.1. The van der Waals surface area contributed by atoms with Gasteiger partial charge in [0.1, 0.15) is 0 Å². The molecule has 6 nitrogen and oxygen atoms in total. The predicted molar refractivity (Wildman–Crippen MR) is 119 cm³/mol. The molecule has 0 aliphatic heterocycles. The van der Waals surface area contributed by atoms with E-state index in [1.807, 2.05) is 31.2 Å². The normalized spacial score (nSPS) is 11.1. The van der Waals surface area contributed by atoms with Crippen molar-refractivity contribution in [2.45, 2.75) is 38.0 Å². The Kier molecular flexibility index (Phi) is 6.84. The van der Waals surface area contributed by atoms with Gasteiger partial charge in [0.15, 0.2) is 0 Å². The average Bonchev–Trinajstić information content (AvgIpc) is 2.70. The summed E-state index contributed by atoms with van der Waals surface area (Å²) in [5.74, 6) is -0.162. The summed E-state index contributed by atoms with van der Waals surface area (Å²) in [6.07, 6.45) is 3.43. The molecule has 7 heteroatoms. The Bertz CT molecular complexity index is 1130. The van der Waals surface area contributed by atoms with Gasteiger partial charge in [-0.2, -0.15) is 0 Å². The van der Waals surface area contributed by atoms with Crippen LogP contribution in [0.2, 0.25) is 0 Å². The van der Waals surface area contributed by atoms with Gasteiger partial charge in [-0.3, -0.25) is 14.5 Å². The van der Waals surface area contributed by atoms with E-state index in [1.54, 1.807) is 43.5 Å². The zero-order chi connectivity index (χ0) is 21.6. The standard InChI is InChI=1S/C23H25N3O3S/c1-17-7-5-10-21(15-17)26-30(28,29)22-16-20(13-12-18(22)2)25-23(27)11-6-9-19-8-3-4-14-24-19/h3-5,7-8,10,12-16,26H,6,9,11H2,1-2H3,(H,25,27). The second-order valence-electron chi connectivity index (χ2n) is 7.18. The lowest BCUT2D eigenvalue weighted by Crippen LogP contribution is -2.16. The molecule has 2 aromatic carbocycles. The van der Waals surface area contributed by atoms with E-state index in [9.17, 15) is 13.2 Å². The van der Waals surface area contributed by atoms with Crippen molar-refractivity contribution < 1.29 is 13.2 Å². The van der Waals surface area contributed by atoms with Gasteiger partial charge in [0.25, 0.3) is 10.0 Å². The fourth-order valence-electron chi connectivity index (χ4n) is 3.09. The molecule has 0 aliphatic carbocycles. The lowest BCUT2D eigenvalue weighted by molar-refractivity contribution is -0.116. The van der Waals surface area contributed by atoms with Crippen LogP contribution in [0.3, 0.4) is 0 Å². The molecular formula is C23H25N3O3S. The SMILES string of the molecule is Cc1cccc(NS(=O)(=O)c2cc(NC(=O)CCCc3ccccn3)ccc2C)c1. The van der Waals surface area contributed by atoms with Crippen LogP contribution in [0.4, 0.5) is 11.4 Å². The third-order valence-corrected chi connectivity index (χ3v) is 6.12. The van der Waals surface area contributed by atoms with Gasteiger partial charge < -0.3 is 5.32 Å². The Balaban J connectivity index is 1.66. The first-order valence-corrected chi connectivity index (χ1v) is 11.2. The zero-order valence-corrected chi connectivity index (χ0v) is 17.9. The maximum Gasteiger partial charge on any atom is 0.262 e. The highest BCUT2D eigenvalue weighted by molar-refractivity contribution is 7.92. The number of amides is 1. The van der Waals surface area contributed by atoms with Crippen LogP contribution >= 0.6 is 0 Å². The monoisotopic (exact) mass is 423 g/mol. The molecule has 0 saturated heterocycles. The molecule has 0 atom stereocenters. The summed E-state index contributed by atoms with van der Waals surface area (Å²) in [6, 6.07) is 17.7. The maximum atomic E-state index is 12.9. The molecule has 1 heterocycles. The first-order valence-electron chi connectivity index (χ1n) is 9.73. The quantitative estimate of drug-likeness (QED) is 0.560. The highest BCUT2D eigenvalue weighted by Crippen LogP contribution is 2.23. The van der Waals surface area contributed by atoms with Gasteiger partial charge in [0, 0.05) is 29.7 Å². The van der Waals surface area contributed by atoms with Gasteiger partial charge in [0.05, 0.1) is 4.90 Å². The number of anilines is 2. The van der Waals surface area contributed by atoms with Crippen LogP contribution in [0, 0.1) is 13.8 Å². The van der Waals surface area contributed by atoms with Crippen LogP contribution in [-0.2, 0) is 21.2 Å². The summed E-state index contributed by atoms with van der Waals surface area (Å²) in [5, 5.41) is 2.79. The maximum absolute atomic E-state index is 12.9. The van der Waals surface area contributed by atoms with E-state index < -0.39 is 10.0 Å². The molecule has 0 spiro atoms. The van der Waals surface area contributed by atoms with Crippen LogP contribution < -0.4 is 10.0 Å². The van der Waals surface area contributed by atoms with Crippen LogP contribution in [0.25, 0.3) is 0 Å². The molecule has 3 rings (SSSR count). The third-order valence-electron chi connectivity index (χ3n) is 4.59. The number of carbonyl (C=O) groups excluding carboxylic acids is 1. The van der Waals surface area contributed by atoms with Crippen molar-refractivity contribution in [1.29, 1.82) is 0 Å². The van der Waals surface area contributed by atoms with E-state index >= 15 is 0 Å². The number of sulfonamides is 1. The topological polar surface area (TPSA) is 88.2 Å². The van der Waals surface area contributed by atoms with E-state index in [0.29, 0.717) is 36.2 Å². The summed E-state index contributed by atoms with van der Waals surface area (Å²) in [4.78, 5) is 16.7. The summed E-state index contributed by atoms with van der Waals surface area (Å²) in [5.41, 5.74) is 3.45. The summed E-state index contributed by atoms with van der Waals surface area (Å²) in [6.45, 7) is 3.62. The van der Waals surface area contributed by atoms with Crippen molar-refractivity contribution in [2.24, 2.45) is 0 Å². The highest BCUT2D eigenvalue weighted by atomic mass is 32.2. The van der Waals surface area contributed by atoms with Gasteiger partial charge in [0.2, 0.25) is 5.91 Å². The number of pyridine rings is 1. The molecule has 0 saturated carbocycles. The van der Waals surface area contributed by atoms with Gasteiger partial charge >= 0.3 is 0 Å². The van der Waals surface area contributed by atoms with Crippen LogP contribution in [0.1, 0.15) is 29.7 Å². The summed E-state index contributed by atoms with van der Waals surface area (Å²) < 4.78 is 28.3. The Morgan fingerprint density at radius 3 is 2.53 bits per heavy atom. The molecule has 0 fully saturated rings. The smallest absolute Gasteiger partial charge is 0.262 e. The minimum Gasteiger partial charge on any atom is -0.326 e. The molecule has 1 aromatic heterocycles. The van der Waals surface area contributed by atoms with E-state index in [2.05, 4.69) is 15.0 Å². The second kappa shape index (κ2) is 9.54. The largest absolute Gasteiger partial charge is 0.326 e. The van der Waals surface area contributed by atoms with E-state index in [0.717, 1.165) is 11.3 Å². The number of aryl methyl sites for hydroxylation is 3. The minimum absolute atomic E-state index is 0.135. The van der Waals surface area contributed by atoms with Gasteiger partial charge in [-0.25, -0.2) is 8.42 Å². The molecule has 156 valence electrons. The van der Waals surface area contributed by atoms with Crippen LogP contribution in [0.5, 0.6) is 0 Å². The van der Waals surface area contributed by atoms with Crippen molar-refractivity contribution in [3.8, 4) is 0 Å². The molecule has 1 amide bonds. The molecular weight excluding hydrogens is 398 g/mol. The number of benzene rings is 2. The number of carbonyl (C=O) groups is 1.